The van der Waals surface area contributed by atoms with Crippen LogP contribution in [0.3, 0.4) is 0 Å². The Kier molecular flexibility index (Phi) is 9.19. The van der Waals surface area contributed by atoms with Crippen molar-refractivity contribution < 1.29 is 14.7 Å². The van der Waals surface area contributed by atoms with Crippen molar-refractivity contribution in [1.29, 1.82) is 0 Å². The number of allylic oxidation sites excluding steroid dienone is 1. The molecular formula is C20H36N2O3. The van der Waals surface area contributed by atoms with Crippen molar-refractivity contribution in [3.63, 3.8) is 0 Å². The molecule has 1 saturated heterocycles. The van der Waals surface area contributed by atoms with Gasteiger partial charge in [-0.3, -0.25) is 9.59 Å². The molecule has 0 aromatic carbocycles. The second-order valence-electron chi connectivity index (χ2n) is 7.79. The van der Waals surface area contributed by atoms with Crippen molar-refractivity contribution in [2.24, 2.45) is 11.8 Å². The molecule has 4 unspecified atom stereocenters. The first-order valence-electron chi connectivity index (χ1n) is 9.67. The van der Waals surface area contributed by atoms with Crippen LogP contribution < -0.4 is 5.32 Å². The topological polar surface area (TPSA) is 69.6 Å². The van der Waals surface area contributed by atoms with Gasteiger partial charge in [0.05, 0.1) is 6.10 Å². The summed E-state index contributed by atoms with van der Waals surface area (Å²) in [6, 6.07) is -0.464. The Hall–Kier alpha value is -1.36. The molecule has 0 aliphatic carbocycles. The van der Waals surface area contributed by atoms with Crippen LogP contribution >= 0.6 is 0 Å². The first-order chi connectivity index (χ1) is 11.8. The summed E-state index contributed by atoms with van der Waals surface area (Å²) in [5.41, 5.74) is 0. The van der Waals surface area contributed by atoms with E-state index in [1.165, 1.54) is 0 Å². The number of hydrogen-bond donors (Lipinski definition) is 2. The van der Waals surface area contributed by atoms with Crippen molar-refractivity contribution in [2.45, 2.75) is 84.4 Å². The third-order valence-corrected chi connectivity index (χ3v) is 5.09. The third-order valence-electron chi connectivity index (χ3n) is 5.09. The SMILES string of the molecule is C=CCCC(C)CC(C)CC(=O)N1C[C@H](O)CC1C(=O)NC(C)CC. The average molecular weight is 353 g/mol. The van der Waals surface area contributed by atoms with Crippen LogP contribution in [-0.2, 0) is 9.59 Å². The fourth-order valence-corrected chi connectivity index (χ4v) is 3.48. The molecule has 5 heteroatoms. The lowest BCUT2D eigenvalue weighted by Gasteiger charge is -2.26. The van der Waals surface area contributed by atoms with Gasteiger partial charge in [0.15, 0.2) is 0 Å². The number of amides is 2. The average Bonchev–Trinajstić information content (AvgIpc) is 2.94. The van der Waals surface area contributed by atoms with Crippen molar-refractivity contribution in [2.75, 3.05) is 6.54 Å². The van der Waals surface area contributed by atoms with E-state index in [4.69, 9.17) is 0 Å². The molecular weight excluding hydrogens is 316 g/mol. The fourth-order valence-electron chi connectivity index (χ4n) is 3.48. The molecule has 2 amide bonds. The summed E-state index contributed by atoms with van der Waals surface area (Å²) < 4.78 is 0. The highest BCUT2D eigenvalue weighted by Gasteiger charge is 2.39. The molecule has 0 bridgehead atoms. The summed E-state index contributed by atoms with van der Waals surface area (Å²) in [4.78, 5) is 26.7. The van der Waals surface area contributed by atoms with E-state index in [0.717, 1.165) is 25.7 Å². The molecule has 1 rings (SSSR count). The van der Waals surface area contributed by atoms with Crippen LogP contribution in [0.15, 0.2) is 12.7 Å². The van der Waals surface area contributed by atoms with Gasteiger partial charge in [-0.05, 0) is 44.4 Å². The van der Waals surface area contributed by atoms with Gasteiger partial charge in [-0.15, -0.1) is 6.58 Å². The van der Waals surface area contributed by atoms with Crippen LogP contribution in [0.1, 0.15) is 66.2 Å². The quantitative estimate of drug-likeness (QED) is 0.594. The van der Waals surface area contributed by atoms with Crippen LogP contribution in [-0.4, -0.2) is 46.6 Å². The number of nitrogens with one attached hydrogen (secondary N) is 1. The number of likely N-dealkylation sites (tertiary alicyclic amines) is 1. The summed E-state index contributed by atoms with van der Waals surface area (Å²) >= 11 is 0. The molecule has 0 aromatic rings. The normalized spacial score (nSPS) is 23.8. The number of carbonyl (C=O) groups excluding carboxylic acids is 2. The van der Waals surface area contributed by atoms with Crippen LogP contribution in [0.4, 0.5) is 0 Å². The number of hydrogen-bond acceptors (Lipinski definition) is 3. The zero-order valence-electron chi connectivity index (χ0n) is 16.3. The van der Waals surface area contributed by atoms with Crippen molar-refractivity contribution >= 4 is 11.8 Å². The highest BCUT2D eigenvalue weighted by molar-refractivity contribution is 5.88. The van der Waals surface area contributed by atoms with Crippen molar-refractivity contribution in [3.05, 3.63) is 12.7 Å². The Bertz CT molecular complexity index is 452. The molecule has 0 aromatic heterocycles. The summed E-state index contributed by atoms with van der Waals surface area (Å²) in [7, 11) is 0. The standard InChI is InChI=1S/C20H36N2O3/c1-6-8-9-14(3)10-15(4)11-19(24)22-13-17(23)12-18(22)20(25)21-16(5)7-2/h6,14-18,23H,1,7-13H2,2-5H3,(H,21,25)/t14?,15?,16?,17-,18?/m1/s1. The van der Waals surface area contributed by atoms with Gasteiger partial charge in [-0.1, -0.05) is 26.8 Å². The second kappa shape index (κ2) is 10.6. The second-order valence-corrected chi connectivity index (χ2v) is 7.79. The monoisotopic (exact) mass is 352 g/mol. The molecule has 25 heavy (non-hydrogen) atoms. The first kappa shape index (κ1) is 21.7. The predicted molar refractivity (Wildman–Crippen MR) is 101 cm³/mol. The minimum absolute atomic E-state index is 0.0238. The first-order valence-corrected chi connectivity index (χ1v) is 9.67. The zero-order chi connectivity index (χ0) is 19.0. The van der Waals surface area contributed by atoms with Crippen LogP contribution in [0, 0.1) is 11.8 Å². The van der Waals surface area contributed by atoms with Crippen molar-refractivity contribution in [1.82, 2.24) is 10.2 Å². The molecule has 1 fully saturated rings. The Morgan fingerprint density at radius 2 is 2.00 bits per heavy atom. The van der Waals surface area contributed by atoms with E-state index < -0.39 is 12.1 Å². The maximum absolute atomic E-state index is 12.7. The highest BCUT2D eigenvalue weighted by atomic mass is 16.3. The lowest BCUT2D eigenvalue weighted by Crippen LogP contribution is -2.48. The van der Waals surface area contributed by atoms with Gasteiger partial charge in [0.25, 0.3) is 0 Å². The van der Waals surface area contributed by atoms with Gasteiger partial charge in [-0.25, -0.2) is 0 Å². The van der Waals surface area contributed by atoms with Gasteiger partial charge in [0.2, 0.25) is 11.8 Å². The molecule has 2 N–H and O–H groups in total. The molecule has 5 nitrogen and oxygen atoms in total. The van der Waals surface area contributed by atoms with E-state index in [2.05, 4.69) is 25.7 Å². The number of β-amino-alcohol motifs (C(OH)–C–C–N with tert-alkyl or cyclic N) is 1. The molecule has 0 radical (unpaired) electrons. The van der Waals surface area contributed by atoms with Gasteiger partial charge >= 0.3 is 0 Å². The Labute approximate surface area is 152 Å². The summed E-state index contributed by atoms with van der Waals surface area (Å²) in [5.74, 6) is 0.647. The van der Waals surface area contributed by atoms with E-state index in [1.54, 1.807) is 4.90 Å². The number of carbonyl (C=O) groups is 2. The van der Waals surface area contributed by atoms with E-state index in [-0.39, 0.29) is 30.3 Å². The molecule has 0 spiro atoms. The fraction of sp³-hybridized carbons (Fsp3) is 0.800. The van der Waals surface area contributed by atoms with Crippen molar-refractivity contribution in [3.8, 4) is 0 Å². The van der Waals surface area contributed by atoms with E-state index in [9.17, 15) is 14.7 Å². The third kappa shape index (κ3) is 7.18. The number of rotatable bonds is 10. The Morgan fingerprint density at radius 1 is 1.32 bits per heavy atom. The van der Waals surface area contributed by atoms with E-state index in [0.29, 0.717) is 18.8 Å². The number of aliphatic hydroxyl groups excluding tert-OH is 1. The van der Waals surface area contributed by atoms with Gasteiger partial charge < -0.3 is 15.3 Å². The van der Waals surface area contributed by atoms with Crippen LogP contribution in [0.2, 0.25) is 0 Å². The maximum atomic E-state index is 12.7. The molecule has 1 heterocycles. The lowest BCUT2D eigenvalue weighted by atomic mass is 9.91. The minimum atomic E-state index is -0.613. The molecule has 1 aliphatic heterocycles. The Morgan fingerprint density at radius 3 is 2.60 bits per heavy atom. The van der Waals surface area contributed by atoms with E-state index in [1.807, 2.05) is 19.9 Å². The van der Waals surface area contributed by atoms with Gasteiger partial charge in [0, 0.05) is 25.4 Å². The minimum Gasteiger partial charge on any atom is -0.391 e. The predicted octanol–water partition coefficient (Wildman–Crippen LogP) is 2.88. The molecule has 0 saturated carbocycles. The smallest absolute Gasteiger partial charge is 0.243 e. The Balaban J connectivity index is 2.58. The van der Waals surface area contributed by atoms with Gasteiger partial charge in [-0.2, -0.15) is 0 Å². The van der Waals surface area contributed by atoms with E-state index >= 15 is 0 Å². The molecule has 144 valence electrons. The number of aliphatic hydroxyl groups is 1. The van der Waals surface area contributed by atoms with Gasteiger partial charge in [0.1, 0.15) is 6.04 Å². The lowest BCUT2D eigenvalue weighted by molar-refractivity contribution is -0.139. The summed E-state index contributed by atoms with van der Waals surface area (Å²) in [6.07, 6.45) is 5.99. The zero-order valence-corrected chi connectivity index (χ0v) is 16.3. The molecule has 5 atom stereocenters. The largest absolute Gasteiger partial charge is 0.391 e. The van der Waals surface area contributed by atoms with Crippen LogP contribution in [0.5, 0.6) is 0 Å². The molecule has 1 aliphatic rings. The maximum Gasteiger partial charge on any atom is 0.243 e. The summed E-state index contributed by atoms with van der Waals surface area (Å²) in [6.45, 7) is 12.2. The highest BCUT2D eigenvalue weighted by Crippen LogP contribution is 2.24. The summed E-state index contributed by atoms with van der Waals surface area (Å²) in [5, 5.41) is 12.9. The number of nitrogens with zero attached hydrogens (tertiary/aromatic N) is 1. The van der Waals surface area contributed by atoms with Crippen LogP contribution in [0.25, 0.3) is 0 Å².